The predicted octanol–water partition coefficient (Wildman–Crippen LogP) is 4.46. The van der Waals surface area contributed by atoms with Gasteiger partial charge in [0, 0.05) is 11.8 Å². The smallest absolute Gasteiger partial charge is 0.255 e. The number of nitrogens with one attached hydrogen (secondary N) is 1. The number of benzene rings is 1. The second-order valence-corrected chi connectivity index (χ2v) is 6.08. The molecule has 0 saturated carbocycles. The summed E-state index contributed by atoms with van der Waals surface area (Å²) in [6.07, 6.45) is 6.79. The third kappa shape index (κ3) is 5.21. The summed E-state index contributed by atoms with van der Waals surface area (Å²) in [6, 6.07) is 9.31. The zero-order chi connectivity index (χ0) is 14.9. The standard InChI is InChI=1S/C17H24N2OS/c1-3-5-14-6-8-15(9-7-14)16(18-10-4-2)13-21-17-19-11-12-20-17/h6-9,11-12,16,18H,3-5,10,13H2,1-2H3. The van der Waals surface area contributed by atoms with E-state index in [4.69, 9.17) is 4.42 Å². The lowest BCUT2D eigenvalue weighted by atomic mass is 10.0. The largest absolute Gasteiger partial charge is 0.440 e. The van der Waals surface area contributed by atoms with Crippen LogP contribution in [0.4, 0.5) is 0 Å². The fourth-order valence-corrected chi connectivity index (χ4v) is 3.11. The summed E-state index contributed by atoms with van der Waals surface area (Å²) in [5.41, 5.74) is 2.75. The summed E-state index contributed by atoms with van der Waals surface area (Å²) in [4.78, 5) is 4.17. The Labute approximate surface area is 131 Å². The van der Waals surface area contributed by atoms with Crippen molar-refractivity contribution in [1.82, 2.24) is 10.3 Å². The molecular formula is C17H24N2OS. The second kappa shape index (κ2) is 8.90. The van der Waals surface area contributed by atoms with Gasteiger partial charge in [-0.2, -0.15) is 0 Å². The highest BCUT2D eigenvalue weighted by Gasteiger charge is 2.12. The minimum absolute atomic E-state index is 0.331. The monoisotopic (exact) mass is 304 g/mol. The molecule has 0 radical (unpaired) electrons. The molecule has 1 heterocycles. The summed E-state index contributed by atoms with van der Waals surface area (Å²) >= 11 is 1.65. The van der Waals surface area contributed by atoms with Crippen molar-refractivity contribution in [2.24, 2.45) is 0 Å². The first-order valence-electron chi connectivity index (χ1n) is 7.68. The Morgan fingerprint density at radius 3 is 2.62 bits per heavy atom. The van der Waals surface area contributed by atoms with Gasteiger partial charge in [0.15, 0.2) is 0 Å². The molecule has 0 bridgehead atoms. The van der Waals surface area contributed by atoms with Crippen LogP contribution in [0, 0.1) is 0 Å². The van der Waals surface area contributed by atoms with Crippen LogP contribution in [0.2, 0.25) is 0 Å². The number of hydrogen-bond donors (Lipinski definition) is 1. The molecule has 1 atom stereocenters. The highest BCUT2D eigenvalue weighted by atomic mass is 32.2. The summed E-state index contributed by atoms with van der Waals surface area (Å²) in [7, 11) is 0. The number of aryl methyl sites for hydroxylation is 1. The van der Waals surface area contributed by atoms with E-state index in [1.54, 1.807) is 24.2 Å². The highest BCUT2D eigenvalue weighted by Crippen LogP contribution is 2.24. The van der Waals surface area contributed by atoms with Gasteiger partial charge in [-0.25, -0.2) is 4.98 Å². The van der Waals surface area contributed by atoms with Crippen LogP contribution in [0.5, 0.6) is 0 Å². The van der Waals surface area contributed by atoms with Gasteiger partial charge in [-0.3, -0.25) is 0 Å². The summed E-state index contributed by atoms with van der Waals surface area (Å²) in [5, 5.41) is 4.35. The molecule has 0 saturated heterocycles. The Bertz CT molecular complexity index is 496. The third-order valence-electron chi connectivity index (χ3n) is 3.34. The molecule has 0 amide bonds. The van der Waals surface area contributed by atoms with Gasteiger partial charge in [-0.15, -0.1) is 0 Å². The van der Waals surface area contributed by atoms with Gasteiger partial charge in [0.1, 0.15) is 6.26 Å². The number of nitrogens with zero attached hydrogens (tertiary/aromatic N) is 1. The quantitative estimate of drug-likeness (QED) is 0.694. The van der Waals surface area contributed by atoms with Crippen molar-refractivity contribution in [2.45, 2.75) is 44.4 Å². The SMILES string of the molecule is CCCNC(CSc1ncco1)c1ccc(CCC)cc1. The fraction of sp³-hybridized carbons (Fsp3) is 0.471. The summed E-state index contributed by atoms with van der Waals surface area (Å²) in [6.45, 7) is 5.43. The molecule has 1 N–H and O–H groups in total. The molecule has 1 aromatic heterocycles. The molecule has 4 heteroatoms. The van der Waals surface area contributed by atoms with Crippen LogP contribution in [0.1, 0.15) is 43.9 Å². The topological polar surface area (TPSA) is 38.1 Å². The lowest BCUT2D eigenvalue weighted by molar-refractivity contribution is 0.453. The summed E-state index contributed by atoms with van der Waals surface area (Å²) in [5.74, 6) is 0.924. The molecule has 0 aliphatic rings. The maximum atomic E-state index is 5.30. The van der Waals surface area contributed by atoms with Gasteiger partial charge in [0.2, 0.25) is 0 Å². The van der Waals surface area contributed by atoms with Crippen molar-refractivity contribution >= 4 is 11.8 Å². The Kier molecular flexibility index (Phi) is 6.83. The highest BCUT2D eigenvalue weighted by molar-refractivity contribution is 7.99. The molecular weight excluding hydrogens is 280 g/mol. The number of oxazole rings is 1. The van der Waals surface area contributed by atoms with Crippen LogP contribution in [0.3, 0.4) is 0 Å². The average Bonchev–Trinajstić information content (AvgIpc) is 3.02. The molecule has 21 heavy (non-hydrogen) atoms. The van der Waals surface area contributed by atoms with Crippen LogP contribution >= 0.6 is 11.8 Å². The van der Waals surface area contributed by atoms with E-state index in [-0.39, 0.29) is 0 Å². The minimum atomic E-state index is 0.331. The maximum Gasteiger partial charge on any atom is 0.255 e. The van der Waals surface area contributed by atoms with Crippen molar-refractivity contribution in [1.29, 1.82) is 0 Å². The van der Waals surface area contributed by atoms with Gasteiger partial charge in [0.05, 0.1) is 6.20 Å². The van der Waals surface area contributed by atoms with Gasteiger partial charge in [0.25, 0.3) is 5.22 Å². The number of rotatable bonds is 9. The minimum Gasteiger partial charge on any atom is -0.440 e. The van der Waals surface area contributed by atoms with Gasteiger partial charge >= 0.3 is 0 Å². The molecule has 2 rings (SSSR count). The van der Waals surface area contributed by atoms with Crippen molar-refractivity contribution in [3.63, 3.8) is 0 Å². The zero-order valence-electron chi connectivity index (χ0n) is 12.8. The molecule has 0 aliphatic heterocycles. The normalized spacial score (nSPS) is 12.5. The number of hydrogen-bond acceptors (Lipinski definition) is 4. The molecule has 2 aromatic rings. The van der Waals surface area contributed by atoms with Crippen molar-refractivity contribution in [2.75, 3.05) is 12.3 Å². The third-order valence-corrected chi connectivity index (χ3v) is 4.29. The molecule has 0 spiro atoms. The maximum absolute atomic E-state index is 5.30. The van der Waals surface area contributed by atoms with Gasteiger partial charge in [-0.05, 0) is 30.5 Å². The van der Waals surface area contributed by atoms with Crippen LogP contribution in [0.25, 0.3) is 0 Å². The predicted molar refractivity (Wildman–Crippen MR) is 88.7 cm³/mol. The Balaban J connectivity index is 1.99. The van der Waals surface area contributed by atoms with Crippen LogP contribution in [-0.4, -0.2) is 17.3 Å². The number of thioether (sulfide) groups is 1. The van der Waals surface area contributed by atoms with E-state index in [1.165, 1.54) is 17.5 Å². The van der Waals surface area contributed by atoms with Crippen molar-refractivity contribution in [3.8, 4) is 0 Å². The molecule has 114 valence electrons. The summed E-state index contributed by atoms with van der Waals surface area (Å²) < 4.78 is 5.30. The van der Waals surface area contributed by atoms with E-state index in [0.29, 0.717) is 6.04 Å². The molecule has 3 nitrogen and oxygen atoms in total. The molecule has 1 aromatic carbocycles. The van der Waals surface area contributed by atoms with Gasteiger partial charge < -0.3 is 9.73 Å². The van der Waals surface area contributed by atoms with Gasteiger partial charge in [-0.1, -0.05) is 56.3 Å². The molecule has 0 fully saturated rings. The lowest BCUT2D eigenvalue weighted by Gasteiger charge is -2.18. The zero-order valence-corrected chi connectivity index (χ0v) is 13.7. The Morgan fingerprint density at radius 2 is 2.00 bits per heavy atom. The van der Waals surface area contributed by atoms with Crippen molar-refractivity contribution in [3.05, 3.63) is 47.9 Å². The first-order valence-corrected chi connectivity index (χ1v) is 8.66. The fourth-order valence-electron chi connectivity index (χ4n) is 2.23. The van der Waals surface area contributed by atoms with Crippen LogP contribution in [-0.2, 0) is 6.42 Å². The second-order valence-electron chi connectivity index (χ2n) is 5.11. The number of aromatic nitrogens is 1. The lowest BCUT2D eigenvalue weighted by Crippen LogP contribution is -2.24. The Hall–Kier alpha value is -1.26. The van der Waals surface area contributed by atoms with Crippen LogP contribution in [0.15, 0.2) is 46.4 Å². The first kappa shape index (κ1) is 16.1. The molecule has 1 unspecified atom stereocenters. The first-order chi connectivity index (χ1) is 10.3. The van der Waals surface area contributed by atoms with Crippen LogP contribution < -0.4 is 5.32 Å². The van der Waals surface area contributed by atoms with E-state index in [1.807, 2.05) is 0 Å². The van der Waals surface area contributed by atoms with E-state index < -0.39 is 0 Å². The molecule has 0 aliphatic carbocycles. The average molecular weight is 304 g/mol. The van der Waals surface area contributed by atoms with Crippen molar-refractivity contribution < 1.29 is 4.42 Å². The Morgan fingerprint density at radius 1 is 1.19 bits per heavy atom. The van der Waals surface area contributed by atoms with E-state index in [0.717, 1.165) is 30.4 Å². The van der Waals surface area contributed by atoms with E-state index in [2.05, 4.69) is 48.4 Å². The van der Waals surface area contributed by atoms with E-state index >= 15 is 0 Å². The van der Waals surface area contributed by atoms with E-state index in [9.17, 15) is 0 Å².